The summed E-state index contributed by atoms with van der Waals surface area (Å²) < 4.78 is 10.8. The molecule has 0 aliphatic carbocycles. The molecule has 0 fully saturated rings. The lowest BCUT2D eigenvalue weighted by molar-refractivity contribution is -0.118. The van der Waals surface area contributed by atoms with Crippen LogP contribution in [0.15, 0.2) is 65.3 Å². The summed E-state index contributed by atoms with van der Waals surface area (Å²) in [6.07, 6.45) is 3.26. The molecule has 1 aliphatic rings. The summed E-state index contributed by atoms with van der Waals surface area (Å²) >= 11 is 0. The highest BCUT2D eigenvalue weighted by Gasteiger charge is 2.25. The minimum atomic E-state index is -0.258. The molecule has 6 nitrogen and oxygen atoms in total. The Morgan fingerprint density at radius 3 is 2.83 bits per heavy atom. The molecule has 0 bridgehead atoms. The summed E-state index contributed by atoms with van der Waals surface area (Å²) in [5, 5.41) is 2.85. The van der Waals surface area contributed by atoms with Crippen molar-refractivity contribution in [3.05, 3.63) is 77.7 Å². The van der Waals surface area contributed by atoms with E-state index in [-0.39, 0.29) is 18.4 Å². The van der Waals surface area contributed by atoms with Gasteiger partial charge in [-0.25, -0.2) is 0 Å². The summed E-state index contributed by atoms with van der Waals surface area (Å²) in [6, 6.07) is 16.5. The van der Waals surface area contributed by atoms with Gasteiger partial charge in [0, 0.05) is 17.9 Å². The number of fused-ring (bicyclic) bond motifs is 1. The molecule has 3 aromatic rings. The number of nitrogens with one attached hydrogen (secondary N) is 1. The van der Waals surface area contributed by atoms with E-state index in [4.69, 9.17) is 9.15 Å². The Kier molecular flexibility index (Phi) is 5.33. The molecule has 1 aliphatic heterocycles. The van der Waals surface area contributed by atoms with Crippen molar-refractivity contribution in [2.45, 2.75) is 19.8 Å². The minimum Gasteiger partial charge on any atom is -0.484 e. The minimum absolute atomic E-state index is 0.0877. The Bertz CT molecular complexity index is 1030. The van der Waals surface area contributed by atoms with Crippen LogP contribution in [0.5, 0.6) is 5.75 Å². The van der Waals surface area contributed by atoms with Crippen LogP contribution < -0.4 is 15.0 Å². The number of ether oxygens (including phenoxy) is 1. The first kappa shape index (κ1) is 18.8. The molecule has 6 heteroatoms. The molecule has 2 amide bonds. The predicted molar refractivity (Wildman–Crippen MR) is 110 cm³/mol. The monoisotopic (exact) mass is 390 g/mol. The summed E-state index contributed by atoms with van der Waals surface area (Å²) in [5.74, 6) is 0.521. The van der Waals surface area contributed by atoms with Crippen molar-refractivity contribution in [2.75, 3.05) is 23.4 Å². The van der Waals surface area contributed by atoms with Crippen LogP contribution >= 0.6 is 0 Å². The van der Waals surface area contributed by atoms with Crippen LogP contribution in [0, 0.1) is 6.92 Å². The van der Waals surface area contributed by atoms with Gasteiger partial charge in [-0.3, -0.25) is 9.59 Å². The summed E-state index contributed by atoms with van der Waals surface area (Å²) in [4.78, 5) is 26.8. The number of amides is 2. The molecule has 1 aromatic heterocycles. The third-order valence-electron chi connectivity index (χ3n) is 4.82. The summed E-state index contributed by atoms with van der Waals surface area (Å²) in [7, 11) is 0. The summed E-state index contributed by atoms with van der Waals surface area (Å²) in [5.41, 5.74) is 3.57. The second-order valence-electron chi connectivity index (χ2n) is 7.03. The second-order valence-corrected chi connectivity index (χ2v) is 7.03. The number of rotatable bonds is 5. The van der Waals surface area contributed by atoms with Crippen LogP contribution in [0.4, 0.5) is 11.4 Å². The van der Waals surface area contributed by atoms with E-state index in [0.717, 1.165) is 29.7 Å². The number of furan rings is 1. The molecular weight excluding hydrogens is 368 g/mol. The van der Waals surface area contributed by atoms with E-state index in [1.54, 1.807) is 17.0 Å². The molecule has 29 heavy (non-hydrogen) atoms. The largest absolute Gasteiger partial charge is 0.484 e. The third kappa shape index (κ3) is 4.32. The fourth-order valence-electron chi connectivity index (χ4n) is 3.45. The molecular formula is C23H22N2O4. The molecule has 1 N–H and O–H groups in total. The normalized spacial score (nSPS) is 12.9. The molecule has 2 aromatic carbocycles. The van der Waals surface area contributed by atoms with E-state index in [0.29, 0.717) is 23.7 Å². The zero-order valence-corrected chi connectivity index (χ0v) is 16.2. The van der Waals surface area contributed by atoms with Gasteiger partial charge in [-0.05, 0) is 67.3 Å². The Hall–Kier alpha value is -3.54. The Morgan fingerprint density at radius 2 is 2.03 bits per heavy atom. The van der Waals surface area contributed by atoms with Gasteiger partial charge >= 0.3 is 0 Å². The van der Waals surface area contributed by atoms with E-state index >= 15 is 0 Å². The lowest BCUT2D eigenvalue weighted by atomic mass is 10.0. The highest BCUT2D eigenvalue weighted by Crippen LogP contribution is 2.31. The molecule has 2 heterocycles. The van der Waals surface area contributed by atoms with Gasteiger partial charge in [-0.15, -0.1) is 0 Å². The van der Waals surface area contributed by atoms with Crippen molar-refractivity contribution >= 4 is 23.2 Å². The molecule has 4 rings (SSSR count). The van der Waals surface area contributed by atoms with Crippen LogP contribution in [0.3, 0.4) is 0 Å². The van der Waals surface area contributed by atoms with Gasteiger partial charge in [0.15, 0.2) is 12.4 Å². The summed E-state index contributed by atoms with van der Waals surface area (Å²) in [6.45, 7) is 2.49. The Balaban J connectivity index is 1.46. The number of nitrogens with zero attached hydrogens (tertiary/aromatic N) is 1. The number of carbonyl (C=O) groups is 2. The van der Waals surface area contributed by atoms with E-state index in [2.05, 4.69) is 5.32 Å². The highest BCUT2D eigenvalue weighted by atomic mass is 16.5. The van der Waals surface area contributed by atoms with Crippen LogP contribution in [0.2, 0.25) is 0 Å². The highest BCUT2D eigenvalue weighted by molar-refractivity contribution is 6.05. The molecule has 148 valence electrons. The van der Waals surface area contributed by atoms with Crippen LogP contribution in [0.1, 0.15) is 28.1 Å². The smallest absolute Gasteiger partial charge is 0.293 e. The Morgan fingerprint density at radius 1 is 1.14 bits per heavy atom. The molecule has 0 saturated heterocycles. The van der Waals surface area contributed by atoms with Crippen molar-refractivity contribution in [1.29, 1.82) is 0 Å². The topological polar surface area (TPSA) is 71.8 Å². The third-order valence-corrected chi connectivity index (χ3v) is 4.82. The van der Waals surface area contributed by atoms with E-state index in [9.17, 15) is 9.59 Å². The van der Waals surface area contributed by atoms with E-state index < -0.39 is 0 Å². The van der Waals surface area contributed by atoms with Gasteiger partial charge in [0.2, 0.25) is 0 Å². The maximum absolute atomic E-state index is 12.8. The van der Waals surface area contributed by atoms with E-state index in [1.165, 1.54) is 6.26 Å². The van der Waals surface area contributed by atoms with E-state index in [1.807, 2.05) is 49.4 Å². The standard InChI is InChI=1S/C23H22N2O4/c1-16-5-2-7-19(13-16)29-15-22(26)24-18-10-9-17-6-3-11-25(20(17)14-18)23(27)21-8-4-12-28-21/h2,4-5,7-10,12-14H,3,6,11,15H2,1H3,(H,24,26). The van der Waals surface area contributed by atoms with Crippen molar-refractivity contribution in [2.24, 2.45) is 0 Å². The Labute approximate surface area is 169 Å². The number of benzene rings is 2. The lowest BCUT2D eigenvalue weighted by Crippen LogP contribution is -2.35. The fourth-order valence-corrected chi connectivity index (χ4v) is 3.45. The van der Waals surface area contributed by atoms with Crippen LogP contribution in [0.25, 0.3) is 0 Å². The lowest BCUT2D eigenvalue weighted by Gasteiger charge is -2.29. The SMILES string of the molecule is Cc1cccc(OCC(=O)Nc2ccc3c(c2)N(C(=O)c2ccco2)CCC3)c1. The van der Waals surface area contributed by atoms with Crippen molar-refractivity contribution < 1.29 is 18.7 Å². The van der Waals surface area contributed by atoms with Crippen molar-refractivity contribution in [3.63, 3.8) is 0 Å². The van der Waals surface area contributed by atoms with Gasteiger partial charge in [0.1, 0.15) is 5.75 Å². The molecule has 0 radical (unpaired) electrons. The van der Waals surface area contributed by atoms with Crippen LogP contribution in [-0.4, -0.2) is 25.0 Å². The van der Waals surface area contributed by atoms with Crippen molar-refractivity contribution in [3.8, 4) is 5.75 Å². The maximum Gasteiger partial charge on any atom is 0.293 e. The quantitative estimate of drug-likeness (QED) is 0.709. The zero-order chi connectivity index (χ0) is 20.2. The fraction of sp³-hybridized carbons (Fsp3) is 0.217. The van der Waals surface area contributed by atoms with Gasteiger partial charge in [0.05, 0.1) is 6.26 Å². The molecule has 0 atom stereocenters. The number of aryl methyl sites for hydroxylation is 2. The first-order chi connectivity index (χ1) is 14.1. The first-order valence-corrected chi connectivity index (χ1v) is 9.58. The van der Waals surface area contributed by atoms with Crippen molar-refractivity contribution in [1.82, 2.24) is 0 Å². The number of hydrogen-bond donors (Lipinski definition) is 1. The second kappa shape index (κ2) is 8.22. The predicted octanol–water partition coefficient (Wildman–Crippen LogP) is 4.20. The van der Waals surface area contributed by atoms with Gasteiger partial charge < -0.3 is 19.4 Å². The molecule has 0 unspecified atom stereocenters. The zero-order valence-electron chi connectivity index (χ0n) is 16.2. The molecule has 0 spiro atoms. The average Bonchev–Trinajstić information content (AvgIpc) is 3.26. The number of carbonyl (C=O) groups excluding carboxylic acids is 2. The number of anilines is 2. The van der Waals surface area contributed by atoms with Crippen LogP contribution in [-0.2, 0) is 11.2 Å². The first-order valence-electron chi connectivity index (χ1n) is 9.58. The maximum atomic E-state index is 12.8. The van der Waals surface area contributed by atoms with Gasteiger partial charge in [0.25, 0.3) is 11.8 Å². The molecule has 0 saturated carbocycles. The van der Waals surface area contributed by atoms with Gasteiger partial charge in [-0.1, -0.05) is 18.2 Å². The average molecular weight is 390 g/mol. The van der Waals surface area contributed by atoms with Gasteiger partial charge in [-0.2, -0.15) is 0 Å². The number of hydrogen-bond acceptors (Lipinski definition) is 4.